The van der Waals surface area contributed by atoms with Gasteiger partial charge in [0, 0.05) is 38.9 Å². The van der Waals surface area contributed by atoms with Gasteiger partial charge in [-0.15, -0.1) is 24.0 Å². The van der Waals surface area contributed by atoms with E-state index in [0.29, 0.717) is 0 Å². The molecule has 0 radical (unpaired) electrons. The number of aliphatic imine (C=N–C) groups is 1. The van der Waals surface area contributed by atoms with Crippen LogP contribution in [0, 0.1) is 6.92 Å². The second kappa shape index (κ2) is 11.5. The van der Waals surface area contributed by atoms with Crippen LogP contribution in [-0.4, -0.2) is 64.6 Å². The van der Waals surface area contributed by atoms with Crippen molar-refractivity contribution >= 4 is 36.0 Å². The molecule has 0 saturated carbocycles. The van der Waals surface area contributed by atoms with Crippen molar-refractivity contribution in [2.45, 2.75) is 65.6 Å². The predicted octanol–water partition coefficient (Wildman–Crippen LogP) is 2.76. The van der Waals surface area contributed by atoms with Crippen LogP contribution in [0.5, 0.6) is 0 Å². The third kappa shape index (κ3) is 8.66. The molecule has 2 rings (SSSR count). The zero-order chi connectivity index (χ0) is 19.9. The summed E-state index contributed by atoms with van der Waals surface area (Å²) in [6, 6.07) is 0.0794. The lowest BCUT2D eigenvalue weighted by atomic mass is 10.2. The van der Waals surface area contributed by atoms with Gasteiger partial charge < -0.3 is 20.3 Å². The number of alkyl carbamates (subject to hydrolysis) is 1. The summed E-state index contributed by atoms with van der Waals surface area (Å²) >= 11 is 0. The molecule has 28 heavy (non-hydrogen) atoms. The maximum absolute atomic E-state index is 12.0. The highest BCUT2D eigenvalue weighted by molar-refractivity contribution is 14.0. The third-order valence-electron chi connectivity index (χ3n) is 4.11. The number of carbonyl (C=O) groups excluding carboxylic acids is 1. The van der Waals surface area contributed by atoms with Gasteiger partial charge in [0.15, 0.2) is 5.96 Å². The van der Waals surface area contributed by atoms with Gasteiger partial charge in [0.05, 0.1) is 12.2 Å². The molecule has 1 fully saturated rings. The first-order valence-electron chi connectivity index (χ1n) is 9.78. The van der Waals surface area contributed by atoms with E-state index >= 15 is 0 Å². The molecule has 9 heteroatoms. The summed E-state index contributed by atoms with van der Waals surface area (Å²) in [5, 5.41) is 10.6. The first kappa shape index (κ1) is 24.5. The molecule has 0 aromatic carbocycles. The largest absolute Gasteiger partial charge is 0.444 e. The third-order valence-corrected chi connectivity index (χ3v) is 4.11. The Morgan fingerprint density at radius 3 is 2.79 bits per heavy atom. The van der Waals surface area contributed by atoms with Crippen LogP contribution in [0.3, 0.4) is 0 Å². The van der Waals surface area contributed by atoms with Gasteiger partial charge in [0.25, 0.3) is 0 Å². The van der Waals surface area contributed by atoms with Gasteiger partial charge in [0.2, 0.25) is 0 Å². The summed E-state index contributed by atoms with van der Waals surface area (Å²) in [4.78, 5) is 18.9. The monoisotopic (exact) mass is 506 g/mol. The zero-order valence-corrected chi connectivity index (χ0v) is 20.0. The van der Waals surface area contributed by atoms with Crippen molar-refractivity contribution in [1.82, 2.24) is 25.3 Å². The van der Waals surface area contributed by atoms with Gasteiger partial charge in [-0.1, -0.05) is 0 Å². The molecule has 1 amide bonds. The lowest BCUT2D eigenvalue weighted by molar-refractivity contribution is 0.0507. The highest BCUT2D eigenvalue weighted by atomic mass is 127. The molecule has 0 spiro atoms. The number of nitrogens with zero attached hydrogens (tertiary/aromatic N) is 4. The van der Waals surface area contributed by atoms with Gasteiger partial charge in [-0.2, -0.15) is 5.10 Å². The van der Waals surface area contributed by atoms with Crippen LogP contribution < -0.4 is 10.6 Å². The van der Waals surface area contributed by atoms with Crippen molar-refractivity contribution in [3.8, 4) is 0 Å². The van der Waals surface area contributed by atoms with Gasteiger partial charge in [-0.05, 0) is 53.0 Å². The van der Waals surface area contributed by atoms with Crippen LogP contribution in [0.15, 0.2) is 17.4 Å². The molecule has 1 aliphatic heterocycles. The minimum Gasteiger partial charge on any atom is -0.444 e. The van der Waals surface area contributed by atoms with Gasteiger partial charge in [0.1, 0.15) is 5.60 Å². The standard InChI is InChI=1S/C19H34N6O2.HI/c1-6-20-17(21-9-7-10-25-13-15(2)12-22-25)24-11-8-16(14-24)23-18(26)27-19(3,4)5;/h12-13,16H,6-11,14H2,1-5H3,(H,20,21)(H,23,26);1H. The van der Waals surface area contributed by atoms with Crippen LogP contribution >= 0.6 is 24.0 Å². The second-order valence-electron chi connectivity index (χ2n) is 7.95. The molecule has 1 aromatic rings. The van der Waals surface area contributed by atoms with E-state index in [4.69, 9.17) is 9.73 Å². The fourth-order valence-electron chi connectivity index (χ4n) is 2.98. The summed E-state index contributed by atoms with van der Waals surface area (Å²) in [7, 11) is 0. The van der Waals surface area contributed by atoms with Gasteiger partial charge in [-0.3, -0.25) is 9.67 Å². The number of halogens is 1. The number of hydrogen-bond donors (Lipinski definition) is 2. The molecule has 1 aliphatic rings. The number of rotatable bonds is 6. The molecule has 0 aliphatic carbocycles. The van der Waals surface area contributed by atoms with Crippen LogP contribution in [-0.2, 0) is 11.3 Å². The molecule has 1 saturated heterocycles. The summed E-state index contributed by atoms with van der Waals surface area (Å²) in [6.07, 6.45) is 5.38. The summed E-state index contributed by atoms with van der Waals surface area (Å²) in [5.41, 5.74) is 0.693. The summed E-state index contributed by atoms with van der Waals surface area (Å²) in [5.74, 6) is 0.905. The number of hydrogen-bond acceptors (Lipinski definition) is 4. The van der Waals surface area contributed by atoms with Crippen molar-refractivity contribution in [3.63, 3.8) is 0 Å². The van der Waals surface area contributed by atoms with E-state index in [1.54, 1.807) is 0 Å². The molecule has 2 N–H and O–H groups in total. The van der Waals surface area contributed by atoms with E-state index in [1.165, 1.54) is 5.56 Å². The first-order chi connectivity index (χ1) is 12.8. The van der Waals surface area contributed by atoms with Crippen LogP contribution in [0.1, 0.15) is 46.1 Å². The number of ether oxygens (including phenoxy) is 1. The molecule has 2 heterocycles. The van der Waals surface area contributed by atoms with Crippen molar-refractivity contribution < 1.29 is 9.53 Å². The Labute approximate surface area is 185 Å². The average Bonchev–Trinajstić information content (AvgIpc) is 3.17. The number of carbonyl (C=O) groups is 1. The molecule has 1 unspecified atom stereocenters. The summed E-state index contributed by atoms with van der Waals surface area (Å²) in [6.45, 7) is 13.7. The molecular weight excluding hydrogens is 471 g/mol. The fourth-order valence-corrected chi connectivity index (χ4v) is 2.98. The minimum absolute atomic E-state index is 0. The highest BCUT2D eigenvalue weighted by Gasteiger charge is 2.27. The van der Waals surface area contributed by atoms with Crippen LogP contribution in [0.25, 0.3) is 0 Å². The number of guanidine groups is 1. The average molecular weight is 506 g/mol. The number of aromatic nitrogens is 2. The van der Waals surface area contributed by atoms with Crippen molar-refractivity contribution in [1.29, 1.82) is 0 Å². The quantitative estimate of drug-likeness (QED) is 0.268. The van der Waals surface area contributed by atoms with E-state index in [2.05, 4.69) is 27.6 Å². The molecule has 1 aromatic heterocycles. The van der Waals surface area contributed by atoms with Crippen molar-refractivity contribution in [3.05, 3.63) is 18.0 Å². The highest BCUT2D eigenvalue weighted by Crippen LogP contribution is 2.12. The topological polar surface area (TPSA) is 83.8 Å². The van der Waals surface area contributed by atoms with Crippen molar-refractivity contribution in [2.75, 3.05) is 26.2 Å². The molecule has 1 atom stereocenters. The number of likely N-dealkylation sites (tertiary alicyclic amines) is 1. The Morgan fingerprint density at radius 1 is 1.43 bits per heavy atom. The number of nitrogens with one attached hydrogen (secondary N) is 2. The lowest BCUT2D eigenvalue weighted by Crippen LogP contribution is -2.44. The maximum Gasteiger partial charge on any atom is 0.407 e. The van der Waals surface area contributed by atoms with Crippen molar-refractivity contribution in [2.24, 2.45) is 4.99 Å². The molecule has 0 bridgehead atoms. The zero-order valence-electron chi connectivity index (χ0n) is 17.7. The number of aryl methyl sites for hydroxylation is 2. The van der Waals surface area contributed by atoms with Crippen LogP contribution in [0.4, 0.5) is 4.79 Å². The Bertz CT molecular complexity index is 641. The number of amides is 1. The fraction of sp³-hybridized carbons (Fsp3) is 0.737. The van der Waals surface area contributed by atoms with E-state index in [0.717, 1.165) is 51.5 Å². The maximum atomic E-state index is 12.0. The minimum atomic E-state index is -0.480. The SMILES string of the molecule is CCNC(=NCCCn1cc(C)cn1)N1CCC(NC(=O)OC(C)(C)C)C1.I. The Balaban J connectivity index is 0.00000392. The Kier molecular flexibility index (Phi) is 10.0. The molecular formula is C19H35IN6O2. The van der Waals surface area contributed by atoms with Gasteiger partial charge >= 0.3 is 6.09 Å². The molecule has 160 valence electrons. The smallest absolute Gasteiger partial charge is 0.407 e. The second-order valence-corrected chi connectivity index (χ2v) is 7.95. The van der Waals surface area contributed by atoms with E-state index in [-0.39, 0.29) is 36.1 Å². The Morgan fingerprint density at radius 2 is 2.18 bits per heavy atom. The van der Waals surface area contributed by atoms with E-state index in [1.807, 2.05) is 44.8 Å². The first-order valence-corrected chi connectivity index (χ1v) is 9.78. The van der Waals surface area contributed by atoms with Crippen LogP contribution in [0.2, 0.25) is 0 Å². The predicted molar refractivity (Wildman–Crippen MR) is 122 cm³/mol. The van der Waals surface area contributed by atoms with E-state index < -0.39 is 5.60 Å². The Hall–Kier alpha value is -1.52. The van der Waals surface area contributed by atoms with Gasteiger partial charge in [-0.25, -0.2) is 4.79 Å². The lowest BCUT2D eigenvalue weighted by Gasteiger charge is -2.23. The molecule has 8 nitrogen and oxygen atoms in total. The summed E-state index contributed by atoms with van der Waals surface area (Å²) < 4.78 is 7.30. The normalized spacial score (nSPS) is 17.2. The van der Waals surface area contributed by atoms with E-state index in [9.17, 15) is 4.79 Å².